The van der Waals surface area contributed by atoms with E-state index in [9.17, 15) is 9.59 Å². The standard InChI is InChI=1S/C28H28N2O3/c1-28-7-5-19-12-21-23(31)9-16(14-29-2)10-25(21)33-27(19)22(28)13-24(32)26(28)18-4-3-17-6-8-30-15-20(17)11-18/h3-8,11-12,15-16,22,26-27,29H,9-10,13-14H2,1-2H3/t16?,22-,26-,27+,28-/m0/s1. The third-order valence-electron chi connectivity index (χ3n) is 8.11. The minimum atomic E-state index is -0.337. The Morgan fingerprint density at radius 2 is 2.03 bits per heavy atom. The first-order chi connectivity index (χ1) is 16.0. The Hall–Kier alpha value is -3.05. The molecule has 5 heteroatoms. The molecule has 168 valence electrons. The molecule has 4 aliphatic rings. The van der Waals surface area contributed by atoms with Crippen molar-refractivity contribution < 1.29 is 14.3 Å². The van der Waals surface area contributed by atoms with Gasteiger partial charge in [0.15, 0.2) is 5.78 Å². The van der Waals surface area contributed by atoms with Gasteiger partial charge < -0.3 is 10.1 Å². The number of Topliss-reactive ketones (excluding diaryl/α,β-unsaturated/α-hetero) is 2. The Morgan fingerprint density at radius 1 is 1.15 bits per heavy atom. The van der Waals surface area contributed by atoms with Crippen LogP contribution in [-0.4, -0.2) is 36.2 Å². The molecule has 1 aliphatic heterocycles. The average Bonchev–Trinajstić information content (AvgIpc) is 3.08. The second-order valence-corrected chi connectivity index (χ2v) is 10.2. The lowest BCUT2D eigenvalue weighted by Gasteiger charge is -2.44. The fraction of sp³-hybridized carbons (Fsp3) is 0.393. The Morgan fingerprint density at radius 3 is 2.88 bits per heavy atom. The number of rotatable bonds is 3. The zero-order chi connectivity index (χ0) is 22.7. The number of carbonyl (C=O) groups excluding carboxylic acids is 2. The second-order valence-electron chi connectivity index (χ2n) is 10.2. The number of hydrogen-bond donors (Lipinski definition) is 1. The lowest BCUT2D eigenvalue weighted by molar-refractivity contribution is -0.120. The number of nitrogens with one attached hydrogen (secondary N) is 1. The fourth-order valence-electron chi connectivity index (χ4n) is 6.48. The zero-order valence-corrected chi connectivity index (χ0v) is 19.0. The summed E-state index contributed by atoms with van der Waals surface area (Å²) < 4.78 is 6.57. The first-order valence-electron chi connectivity index (χ1n) is 11.8. The Bertz CT molecular complexity index is 1270. The van der Waals surface area contributed by atoms with E-state index in [1.165, 1.54) is 0 Å². The molecule has 33 heavy (non-hydrogen) atoms. The van der Waals surface area contributed by atoms with Gasteiger partial charge in [-0.15, -0.1) is 0 Å². The summed E-state index contributed by atoms with van der Waals surface area (Å²) in [5.74, 6) is 1.32. The molecule has 1 aromatic carbocycles. The maximum absolute atomic E-state index is 13.4. The van der Waals surface area contributed by atoms with Gasteiger partial charge in [-0.1, -0.05) is 31.2 Å². The van der Waals surface area contributed by atoms with Crippen LogP contribution in [0.4, 0.5) is 0 Å². The van der Waals surface area contributed by atoms with Crippen molar-refractivity contribution in [3.8, 4) is 0 Å². The van der Waals surface area contributed by atoms with Gasteiger partial charge in [0.1, 0.15) is 17.6 Å². The van der Waals surface area contributed by atoms with Crippen LogP contribution in [0.3, 0.4) is 0 Å². The highest BCUT2D eigenvalue weighted by Crippen LogP contribution is 2.58. The van der Waals surface area contributed by atoms with E-state index in [1.807, 2.05) is 25.4 Å². The van der Waals surface area contributed by atoms with Crippen molar-refractivity contribution >= 4 is 22.3 Å². The van der Waals surface area contributed by atoms with E-state index < -0.39 is 0 Å². The number of nitrogens with zero attached hydrogens (tertiary/aromatic N) is 1. The van der Waals surface area contributed by atoms with Gasteiger partial charge in [0.25, 0.3) is 0 Å². The summed E-state index contributed by atoms with van der Waals surface area (Å²) in [4.78, 5) is 30.5. The molecule has 0 amide bonds. The monoisotopic (exact) mass is 440 g/mol. The highest BCUT2D eigenvalue weighted by molar-refractivity contribution is 6.00. The molecular formula is C28H28N2O3. The summed E-state index contributed by atoms with van der Waals surface area (Å²) in [5.41, 5.74) is 2.45. The number of fused-ring (bicyclic) bond motifs is 4. The van der Waals surface area contributed by atoms with Crippen LogP contribution in [0.25, 0.3) is 10.8 Å². The van der Waals surface area contributed by atoms with E-state index >= 15 is 0 Å². The molecule has 1 N–H and O–H groups in total. The van der Waals surface area contributed by atoms with Crippen LogP contribution in [0.1, 0.15) is 37.7 Å². The predicted octanol–water partition coefficient (Wildman–Crippen LogP) is 4.26. The first kappa shape index (κ1) is 20.5. The number of aromatic nitrogens is 1. The van der Waals surface area contributed by atoms with E-state index in [0.29, 0.717) is 12.8 Å². The van der Waals surface area contributed by atoms with Crippen LogP contribution >= 0.6 is 0 Å². The van der Waals surface area contributed by atoms with Gasteiger partial charge in [-0.25, -0.2) is 0 Å². The third-order valence-corrected chi connectivity index (χ3v) is 8.11. The molecule has 6 rings (SSSR count). The van der Waals surface area contributed by atoms with Crippen LogP contribution in [0.15, 0.2) is 71.8 Å². The molecule has 0 saturated heterocycles. The summed E-state index contributed by atoms with van der Waals surface area (Å²) in [7, 11) is 1.92. The Labute approximate surface area is 193 Å². The van der Waals surface area contributed by atoms with Crippen LogP contribution < -0.4 is 5.32 Å². The normalized spacial score (nSPS) is 32.8. The van der Waals surface area contributed by atoms with Crippen molar-refractivity contribution in [1.29, 1.82) is 0 Å². The maximum atomic E-state index is 13.4. The molecule has 1 aromatic heterocycles. The predicted molar refractivity (Wildman–Crippen MR) is 126 cm³/mol. The number of carbonyl (C=O) groups is 2. The molecule has 0 spiro atoms. The van der Waals surface area contributed by atoms with E-state index in [4.69, 9.17) is 4.74 Å². The summed E-state index contributed by atoms with van der Waals surface area (Å²) in [6.07, 6.45) is 11.6. The summed E-state index contributed by atoms with van der Waals surface area (Å²) in [6.45, 7) is 2.99. The number of pyridine rings is 1. The van der Waals surface area contributed by atoms with Gasteiger partial charge in [-0.3, -0.25) is 14.6 Å². The van der Waals surface area contributed by atoms with E-state index in [1.54, 1.807) is 6.20 Å². The van der Waals surface area contributed by atoms with Gasteiger partial charge in [0.05, 0.1) is 11.5 Å². The molecule has 2 heterocycles. The minimum absolute atomic E-state index is 0.0460. The van der Waals surface area contributed by atoms with Crippen molar-refractivity contribution in [3.05, 3.63) is 77.4 Å². The van der Waals surface area contributed by atoms with Crippen LogP contribution in [0.5, 0.6) is 0 Å². The topological polar surface area (TPSA) is 68.3 Å². The summed E-state index contributed by atoms with van der Waals surface area (Å²) in [6, 6.07) is 8.27. The van der Waals surface area contributed by atoms with E-state index in [-0.39, 0.29) is 40.8 Å². The van der Waals surface area contributed by atoms with Crippen molar-refractivity contribution in [2.24, 2.45) is 17.3 Å². The molecule has 0 bridgehead atoms. The number of ether oxygens (including phenoxy) is 1. The molecule has 5 atom stereocenters. The molecule has 2 aromatic rings. The number of allylic oxidation sites excluding steroid dienone is 4. The van der Waals surface area contributed by atoms with Crippen molar-refractivity contribution in [3.63, 3.8) is 0 Å². The van der Waals surface area contributed by atoms with Gasteiger partial charge in [0, 0.05) is 48.4 Å². The number of ketones is 2. The number of hydrogen-bond acceptors (Lipinski definition) is 5. The minimum Gasteiger partial charge on any atom is -0.489 e. The number of benzene rings is 1. The van der Waals surface area contributed by atoms with Crippen molar-refractivity contribution in [1.82, 2.24) is 10.3 Å². The van der Waals surface area contributed by atoms with Gasteiger partial charge in [-0.05, 0) is 54.2 Å². The maximum Gasteiger partial charge on any atom is 0.166 e. The first-order valence-corrected chi connectivity index (χ1v) is 11.8. The highest BCUT2D eigenvalue weighted by atomic mass is 16.5. The van der Waals surface area contributed by atoms with Gasteiger partial charge >= 0.3 is 0 Å². The lowest BCUT2D eigenvalue weighted by Crippen LogP contribution is -2.41. The fourth-order valence-corrected chi connectivity index (χ4v) is 6.48. The SMILES string of the molecule is CNCC1CC(=O)C2=C(C1)O[C@@H]1C(=C2)C=C[C@]2(C)[C@@H](c3ccc4ccncc4c3)C(=O)C[C@@H]12. The van der Waals surface area contributed by atoms with Crippen LogP contribution in [0.2, 0.25) is 0 Å². The summed E-state index contributed by atoms with van der Waals surface area (Å²) in [5, 5.41) is 5.36. The average molecular weight is 441 g/mol. The zero-order valence-electron chi connectivity index (χ0n) is 19.0. The highest BCUT2D eigenvalue weighted by Gasteiger charge is 2.57. The molecular weight excluding hydrogens is 412 g/mol. The lowest BCUT2D eigenvalue weighted by atomic mass is 9.64. The van der Waals surface area contributed by atoms with Crippen molar-refractivity contribution in [2.45, 2.75) is 38.2 Å². The van der Waals surface area contributed by atoms with Crippen LogP contribution in [0, 0.1) is 17.3 Å². The smallest absolute Gasteiger partial charge is 0.166 e. The summed E-state index contributed by atoms with van der Waals surface area (Å²) >= 11 is 0. The molecule has 0 radical (unpaired) electrons. The van der Waals surface area contributed by atoms with E-state index in [0.717, 1.165) is 46.2 Å². The molecule has 3 aliphatic carbocycles. The van der Waals surface area contributed by atoms with E-state index in [2.05, 4.69) is 47.6 Å². The molecule has 5 nitrogen and oxygen atoms in total. The molecule has 1 unspecified atom stereocenters. The van der Waals surface area contributed by atoms with Gasteiger partial charge in [0.2, 0.25) is 0 Å². The molecule has 1 fully saturated rings. The second kappa shape index (κ2) is 7.49. The third kappa shape index (κ3) is 3.13. The quantitative estimate of drug-likeness (QED) is 0.772. The Kier molecular flexibility index (Phi) is 4.66. The molecule has 1 saturated carbocycles. The van der Waals surface area contributed by atoms with Crippen LogP contribution in [-0.2, 0) is 14.3 Å². The Balaban J connectivity index is 1.36. The van der Waals surface area contributed by atoms with Gasteiger partial charge in [-0.2, -0.15) is 0 Å². The van der Waals surface area contributed by atoms with Crippen molar-refractivity contribution in [2.75, 3.05) is 13.6 Å². The largest absolute Gasteiger partial charge is 0.489 e.